The maximum absolute atomic E-state index is 4.33. The average Bonchev–Trinajstić information content (AvgIpc) is 2.42. The normalized spacial score (nSPS) is 12.1. The lowest BCUT2D eigenvalue weighted by Gasteiger charge is -2.17. The summed E-state index contributed by atoms with van der Waals surface area (Å²) in [5.74, 6) is 0. The zero-order valence-electron chi connectivity index (χ0n) is 11.3. The summed E-state index contributed by atoms with van der Waals surface area (Å²) in [6.45, 7) is 11.0. The molecule has 0 bridgehead atoms. The third kappa shape index (κ3) is 4.79. The van der Waals surface area contributed by atoms with Gasteiger partial charge in [-0.05, 0) is 31.7 Å². The van der Waals surface area contributed by atoms with Crippen LogP contribution in [0.2, 0.25) is 0 Å². The fourth-order valence-electron chi connectivity index (χ4n) is 1.79. The molecule has 0 radical (unpaired) electrons. The van der Waals surface area contributed by atoms with E-state index in [0.717, 1.165) is 18.8 Å². The van der Waals surface area contributed by atoms with Gasteiger partial charge in [-0.1, -0.05) is 20.8 Å². The standard InChI is InChI=1S/C13H25N3/c1-11-12(10-16(5)15-11)9-14-8-6-7-13(2,3)4/h10,14H,6-9H2,1-5H3. The Kier molecular flexibility index (Phi) is 4.54. The highest BCUT2D eigenvalue weighted by molar-refractivity contribution is 5.14. The number of aryl methyl sites for hydroxylation is 2. The van der Waals surface area contributed by atoms with Crippen molar-refractivity contribution in [3.05, 3.63) is 17.5 Å². The zero-order valence-corrected chi connectivity index (χ0v) is 11.3. The van der Waals surface area contributed by atoms with Crippen LogP contribution >= 0.6 is 0 Å². The molecular formula is C13H25N3. The molecule has 1 N–H and O–H groups in total. The predicted octanol–water partition coefficient (Wildman–Crippen LogP) is 2.64. The van der Waals surface area contributed by atoms with Crippen molar-refractivity contribution in [2.24, 2.45) is 12.5 Å². The minimum Gasteiger partial charge on any atom is -0.313 e. The van der Waals surface area contributed by atoms with Gasteiger partial charge < -0.3 is 5.32 Å². The van der Waals surface area contributed by atoms with Crippen LogP contribution in [0.15, 0.2) is 6.20 Å². The molecule has 1 aromatic heterocycles. The van der Waals surface area contributed by atoms with Crippen molar-refractivity contribution >= 4 is 0 Å². The van der Waals surface area contributed by atoms with Crippen LogP contribution in [0, 0.1) is 12.3 Å². The van der Waals surface area contributed by atoms with Gasteiger partial charge in [-0.25, -0.2) is 0 Å². The minimum atomic E-state index is 0.450. The fourth-order valence-corrected chi connectivity index (χ4v) is 1.79. The van der Waals surface area contributed by atoms with Gasteiger partial charge in [0.25, 0.3) is 0 Å². The van der Waals surface area contributed by atoms with Crippen molar-refractivity contribution in [3.63, 3.8) is 0 Å². The first kappa shape index (κ1) is 13.2. The summed E-state index contributed by atoms with van der Waals surface area (Å²) in [5, 5.41) is 7.80. The molecular weight excluding hydrogens is 198 g/mol. The van der Waals surface area contributed by atoms with Gasteiger partial charge in [0, 0.05) is 25.4 Å². The van der Waals surface area contributed by atoms with Crippen LogP contribution in [0.1, 0.15) is 44.9 Å². The number of nitrogens with one attached hydrogen (secondary N) is 1. The smallest absolute Gasteiger partial charge is 0.0638 e. The molecule has 0 aliphatic carbocycles. The molecule has 1 aromatic rings. The molecule has 0 unspecified atom stereocenters. The molecule has 0 atom stereocenters. The molecule has 3 heteroatoms. The molecule has 1 rings (SSSR count). The lowest BCUT2D eigenvalue weighted by Crippen LogP contribution is -2.17. The van der Waals surface area contributed by atoms with E-state index in [9.17, 15) is 0 Å². The topological polar surface area (TPSA) is 29.9 Å². The van der Waals surface area contributed by atoms with E-state index in [2.05, 4.69) is 44.3 Å². The van der Waals surface area contributed by atoms with E-state index >= 15 is 0 Å². The number of aromatic nitrogens is 2. The first-order valence-electron chi connectivity index (χ1n) is 6.08. The minimum absolute atomic E-state index is 0.450. The summed E-state index contributed by atoms with van der Waals surface area (Å²) in [6, 6.07) is 0. The molecule has 92 valence electrons. The van der Waals surface area contributed by atoms with Gasteiger partial charge >= 0.3 is 0 Å². The van der Waals surface area contributed by atoms with Crippen molar-refractivity contribution < 1.29 is 0 Å². The molecule has 0 amide bonds. The third-order valence-electron chi connectivity index (χ3n) is 2.71. The van der Waals surface area contributed by atoms with Gasteiger partial charge in [-0.3, -0.25) is 4.68 Å². The van der Waals surface area contributed by atoms with Crippen molar-refractivity contribution in [2.45, 2.75) is 47.1 Å². The van der Waals surface area contributed by atoms with E-state index in [4.69, 9.17) is 0 Å². The molecule has 0 saturated carbocycles. The fraction of sp³-hybridized carbons (Fsp3) is 0.769. The van der Waals surface area contributed by atoms with E-state index in [1.165, 1.54) is 18.4 Å². The zero-order chi connectivity index (χ0) is 12.2. The Morgan fingerprint density at radius 2 is 2.06 bits per heavy atom. The van der Waals surface area contributed by atoms with Gasteiger partial charge in [0.1, 0.15) is 0 Å². The van der Waals surface area contributed by atoms with E-state index in [1.54, 1.807) is 0 Å². The van der Waals surface area contributed by atoms with Crippen LogP contribution in [0.3, 0.4) is 0 Å². The Hall–Kier alpha value is -0.830. The first-order chi connectivity index (χ1) is 7.38. The molecule has 0 spiro atoms. The molecule has 0 aromatic carbocycles. The van der Waals surface area contributed by atoms with Crippen molar-refractivity contribution in [3.8, 4) is 0 Å². The van der Waals surface area contributed by atoms with Gasteiger partial charge in [-0.2, -0.15) is 5.10 Å². The van der Waals surface area contributed by atoms with E-state index in [1.807, 2.05) is 11.7 Å². The first-order valence-corrected chi connectivity index (χ1v) is 6.08. The molecule has 16 heavy (non-hydrogen) atoms. The second kappa shape index (κ2) is 5.48. The van der Waals surface area contributed by atoms with Gasteiger partial charge in [0.15, 0.2) is 0 Å². The summed E-state index contributed by atoms with van der Waals surface area (Å²) in [6.07, 6.45) is 4.60. The molecule has 3 nitrogen and oxygen atoms in total. The average molecular weight is 223 g/mol. The monoisotopic (exact) mass is 223 g/mol. The van der Waals surface area contributed by atoms with Gasteiger partial charge in [0.2, 0.25) is 0 Å². The number of hydrogen-bond acceptors (Lipinski definition) is 2. The summed E-state index contributed by atoms with van der Waals surface area (Å²) < 4.78 is 1.88. The van der Waals surface area contributed by atoms with Crippen molar-refractivity contribution in [1.29, 1.82) is 0 Å². The quantitative estimate of drug-likeness (QED) is 0.778. The largest absolute Gasteiger partial charge is 0.313 e. The maximum Gasteiger partial charge on any atom is 0.0638 e. The molecule has 0 saturated heterocycles. The highest BCUT2D eigenvalue weighted by atomic mass is 15.2. The maximum atomic E-state index is 4.33. The van der Waals surface area contributed by atoms with Crippen molar-refractivity contribution in [1.82, 2.24) is 15.1 Å². The number of rotatable bonds is 5. The Balaban J connectivity index is 2.19. The summed E-state index contributed by atoms with van der Waals surface area (Å²) >= 11 is 0. The van der Waals surface area contributed by atoms with E-state index in [-0.39, 0.29) is 0 Å². The highest BCUT2D eigenvalue weighted by Gasteiger charge is 2.08. The van der Waals surface area contributed by atoms with Crippen LogP contribution in [0.25, 0.3) is 0 Å². The Morgan fingerprint density at radius 1 is 1.38 bits per heavy atom. The van der Waals surface area contributed by atoms with Gasteiger partial charge in [0.05, 0.1) is 5.69 Å². The Morgan fingerprint density at radius 3 is 2.56 bits per heavy atom. The van der Waals surface area contributed by atoms with Crippen LogP contribution in [0.5, 0.6) is 0 Å². The summed E-state index contributed by atoms with van der Waals surface area (Å²) in [7, 11) is 1.97. The van der Waals surface area contributed by atoms with E-state index in [0.29, 0.717) is 5.41 Å². The summed E-state index contributed by atoms with van der Waals surface area (Å²) in [4.78, 5) is 0. The lowest BCUT2D eigenvalue weighted by atomic mass is 9.91. The molecule has 0 fully saturated rings. The van der Waals surface area contributed by atoms with Crippen LogP contribution < -0.4 is 5.32 Å². The van der Waals surface area contributed by atoms with Gasteiger partial charge in [-0.15, -0.1) is 0 Å². The highest BCUT2D eigenvalue weighted by Crippen LogP contribution is 2.19. The summed E-state index contributed by atoms with van der Waals surface area (Å²) in [5.41, 5.74) is 2.88. The van der Waals surface area contributed by atoms with Crippen LogP contribution in [-0.2, 0) is 13.6 Å². The Labute approximate surface area is 99.2 Å². The third-order valence-corrected chi connectivity index (χ3v) is 2.71. The second-order valence-corrected chi connectivity index (χ2v) is 5.75. The molecule has 0 aliphatic rings. The molecule has 0 aliphatic heterocycles. The van der Waals surface area contributed by atoms with E-state index < -0.39 is 0 Å². The molecule has 1 heterocycles. The SMILES string of the molecule is Cc1nn(C)cc1CNCCCC(C)(C)C. The Bertz CT molecular complexity index is 320. The second-order valence-electron chi connectivity index (χ2n) is 5.75. The number of nitrogens with zero attached hydrogens (tertiary/aromatic N) is 2. The predicted molar refractivity (Wildman–Crippen MR) is 68.3 cm³/mol. The van der Waals surface area contributed by atoms with Crippen molar-refractivity contribution in [2.75, 3.05) is 6.54 Å². The number of hydrogen-bond donors (Lipinski definition) is 1. The van der Waals surface area contributed by atoms with Crippen LogP contribution in [0.4, 0.5) is 0 Å². The van der Waals surface area contributed by atoms with Crippen LogP contribution in [-0.4, -0.2) is 16.3 Å². The lowest BCUT2D eigenvalue weighted by molar-refractivity contribution is 0.361.